The zero-order valence-electron chi connectivity index (χ0n) is 18.8. The van der Waals surface area contributed by atoms with E-state index in [1.807, 2.05) is 24.0 Å². The molecule has 4 rings (SSSR count). The molecule has 0 unspecified atom stereocenters. The number of aryl methyl sites for hydroxylation is 1. The van der Waals surface area contributed by atoms with Crippen LogP contribution in [0.3, 0.4) is 0 Å². The Morgan fingerprint density at radius 1 is 1.12 bits per heavy atom. The molecule has 1 saturated heterocycles. The summed E-state index contributed by atoms with van der Waals surface area (Å²) in [5, 5.41) is 10.6. The third-order valence-corrected chi connectivity index (χ3v) is 6.76. The molecule has 0 bridgehead atoms. The van der Waals surface area contributed by atoms with Gasteiger partial charge in [0.2, 0.25) is 0 Å². The lowest BCUT2D eigenvalue weighted by Crippen LogP contribution is -2.42. The van der Waals surface area contributed by atoms with Gasteiger partial charge in [-0.1, -0.05) is 24.3 Å². The molecule has 190 valence electrons. The van der Waals surface area contributed by atoms with E-state index < -0.39 is 17.6 Å². The first-order valence-corrected chi connectivity index (χ1v) is 10.9. The van der Waals surface area contributed by atoms with E-state index >= 15 is 0 Å². The molecule has 0 radical (unpaired) electrons. The maximum atomic E-state index is 14.4. The smallest absolute Gasteiger partial charge is 0.419 e. The van der Waals surface area contributed by atoms with Crippen molar-refractivity contribution in [1.82, 2.24) is 4.90 Å². The first-order valence-electron chi connectivity index (χ1n) is 10.9. The largest absolute Gasteiger partial charge is 0.507 e. The van der Waals surface area contributed by atoms with Gasteiger partial charge in [0.1, 0.15) is 11.6 Å². The van der Waals surface area contributed by atoms with Crippen LogP contribution in [0.4, 0.5) is 17.6 Å². The van der Waals surface area contributed by atoms with Gasteiger partial charge in [-0.3, -0.25) is 4.90 Å². The van der Waals surface area contributed by atoms with Crippen molar-refractivity contribution in [2.75, 3.05) is 19.6 Å². The molecule has 10 heteroatoms. The van der Waals surface area contributed by atoms with Crippen LogP contribution in [0.1, 0.15) is 46.8 Å². The van der Waals surface area contributed by atoms with Crippen molar-refractivity contribution in [3.8, 4) is 5.75 Å². The normalized spacial score (nSPS) is 21.4. The van der Waals surface area contributed by atoms with Crippen molar-refractivity contribution >= 4 is 24.8 Å². The van der Waals surface area contributed by atoms with E-state index in [9.17, 15) is 22.7 Å². The van der Waals surface area contributed by atoms with Crippen molar-refractivity contribution < 1.29 is 27.4 Å². The standard InChI is InChI=1S/C24H28F4N2O2.2ClH/c1-14-5-6-17-18(23(14)31)11-20(32-21(17)12-29)15-7-9-30(10-8-15)13-16-3-2-4-19(22(16)25)24(26,27)28;;/h2-6,15,20-21,31H,7-13,29H2,1H3;2*1H/t20-,21-;;/m0../s1. The summed E-state index contributed by atoms with van der Waals surface area (Å²) in [5.41, 5.74) is 7.42. The van der Waals surface area contributed by atoms with E-state index in [4.69, 9.17) is 10.5 Å². The molecule has 2 aliphatic heterocycles. The van der Waals surface area contributed by atoms with Crippen LogP contribution >= 0.6 is 24.8 Å². The van der Waals surface area contributed by atoms with E-state index in [1.54, 1.807) is 0 Å². The summed E-state index contributed by atoms with van der Waals surface area (Å²) in [6.45, 7) is 3.60. The second-order valence-electron chi connectivity index (χ2n) is 8.79. The first-order chi connectivity index (χ1) is 15.2. The fourth-order valence-corrected chi connectivity index (χ4v) is 4.92. The van der Waals surface area contributed by atoms with Crippen LogP contribution in [0.2, 0.25) is 0 Å². The second kappa shape index (κ2) is 11.4. The number of hydrogen-bond acceptors (Lipinski definition) is 4. The molecular formula is C24H30Cl2F4N2O2. The number of alkyl halides is 3. The summed E-state index contributed by atoms with van der Waals surface area (Å²) in [6.07, 6.45) is -2.89. The molecule has 2 aliphatic rings. The number of rotatable bonds is 4. The number of nitrogens with two attached hydrogens (primary N) is 1. The van der Waals surface area contributed by atoms with Crippen LogP contribution in [0.15, 0.2) is 30.3 Å². The molecule has 1 fully saturated rings. The predicted octanol–water partition coefficient (Wildman–Crippen LogP) is 5.56. The molecular weight excluding hydrogens is 495 g/mol. The molecule has 4 nitrogen and oxygen atoms in total. The second-order valence-corrected chi connectivity index (χ2v) is 8.79. The maximum absolute atomic E-state index is 14.4. The molecule has 2 aromatic carbocycles. The van der Waals surface area contributed by atoms with Gasteiger partial charge in [0.25, 0.3) is 0 Å². The van der Waals surface area contributed by atoms with Crippen molar-refractivity contribution in [2.45, 2.75) is 51.1 Å². The van der Waals surface area contributed by atoms with Gasteiger partial charge in [-0.15, -0.1) is 24.8 Å². The Labute approximate surface area is 209 Å². The van der Waals surface area contributed by atoms with Crippen molar-refractivity contribution in [3.05, 3.63) is 64.0 Å². The van der Waals surface area contributed by atoms with E-state index in [0.717, 1.165) is 35.6 Å². The van der Waals surface area contributed by atoms with E-state index in [1.165, 1.54) is 12.1 Å². The van der Waals surface area contributed by atoms with E-state index in [0.29, 0.717) is 31.8 Å². The van der Waals surface area contributed by atoms with Crippen LogP contribution in [-0.2, 0) is 23.9 Å². The van der Waals surface area contributed by atoms with Gasteiger partial charge in [-0.2, -0.15) is 13.2 Å². The Balaban J connectivity index is 0.00000204. The van der Waals surface area contributed by atoms with Crippen LogP contribution in [0, 0.1) is 18.7 Å². The number of hydrogen-bond donors (Lipinski definition) is 2. The fraction of sp³-hybridized carbons (Fsp3) is 0.500. The summed E-state index contributed by atoms with van der Waals surface area (Å²) in [5.74, 6) is -0.655. The van der Waals surface area contributed by atoms with Crippen LogP contribution in [0.25, 0.3) is 0 Å². The number of phenolic OH excluding ortho intramolecular Hbond substituents is 1. The molecule has 3 N–H and O–H groups in total. The number of phenols is 1. The Morgan fingerprint density at radius 3 is 2.41 bits per heavy atom. The molecule has 0 amide bonds. The van der Waals surface area contributed by atoms with Gasteiger partial charge in [0, 0.05) is 30.6 Å². The summed E-state index contributed by atoms with van der Waals surface area (Å²) < 4.78 is 59.6. The fourth-order valence-electron chi connectivity index (χ4n) is 4.92. The molecule has 2 atom stereocenters. The third-order valence-electron chi connectivity index (χ3n) is 6.76. The molecule has 0 aliphatic carbocycles. The van der Waals surface area contributed by atoms with Gasteiger partial charge in [0.15, 0.2) is 0 Å². The average Bonchev–Trinajstić information content (AvgIpc) is 2.77. The molecule has 2 aromatic rings. The topological polar surface area (TPSA) is 58.7 Å². The maximum Gasteiger partial charge on any atom is 0.419 e. The van der Waals surface area contributed by atoms with E-state index in [-0.39, 0.29) is 55.0 Å². The number of nitrogens with zero attached hydrogens (tertiary/aromatic N) is 1. The highest BCUT2D eigenvalue weighted by Gasteiger charge is 2.37. The average molecular weight is 525 g/mol. The zero-order valence-corrected chi connectivity index (χ0v) is 20.4. The van der Waals surface area contributed by atoms with Crippen molar-refractivity contribution in [1.29, 1.82) is 0 Å². The number of halogens is 6. The number of benzene rings is 2. The van der Waals surface area contributed by atoms with E-state index in [2.05, 4.69) is 0 Å². The van der Waals surface area contributed by atoms with Gasteiger partial charge < -0.3 is 15.6 Å². The van der Waals surface area contributed by atoms with Gasteiger partial charge in [0.05, 0.1) is 17.8 Å². The van der Waals surface area contributed by atoms with Crippen molar-refractivity contribution in [2.24, 2.45) is 11.7 Å². The number of aromatic hydroxyl groups is 1. The summed E-state index contributed by atoms with van der Waals surface area (Å²) in [4.78, 5) is 1.98. The zero-order chi connectivity index (χ0) is 23.0. The molecule has 0 spiro atoms. The predicted molar refractivity (Wildman–Crippen MR) is 127 cm³/mol. The van der Waals surface area contributed by atoms with Crippen LogP contribution in [0.5, 0.6) is 5.75 Å². The van der Waals surface area contributed by atoms with Crippen LogP contribution in [-0.4, -0.2) is 35.7 Å². The summed E-state index contributed by atoms with van der Waals surface area (Å²) in [6, 6.07) is 7.27. The highest BCUT2D eigenvalue weighted by atomic mass is 35.5. The Morgan fingerprint density at radius 2 is 1.79 bits per heavy atom. The quantitative estimate of drug-likeness (QED) is 0.514. The Kier molecular flexibility index (Phi) is 9.64. The van der Waals surface area contributed by atoms with Crippen molar-refractivity contribution in [3.63, 3.8) is 0 Å². The number of likely N-dealkylation sites (tertiary alicyclic amines) is 1. The SMILES string of the molecule is Cc1ccc2c(c1O)C[C@@H](C1CCN(Cc3cccc(C(F)(F)F)c3F)CC1)O[C@H]2CN.Cl.Cl. The van der Waals surface area contributed by atoms with Gasteiger partial charge in [-0.05, 0) is 56.0 Å². The molecule has 34 heavy (non-hydrogen) atoms. The highest BCUT2D eigenvalue weighted by molar-refractivity contribution is 5.85. The minimum absolute atomic E-state index is 0. The number of piperidine rings is 1. The monoisotopic (exact) mass is 524 g/mol. The minimum Gasteiger partial charge on any atom is -0.507 e. The van der Waals surface area contributed by atoms with Gasteiger partial charge in [-0.25, -0.2) is 4.39 Å². The lowest BCUT2D eigenvalue weighted by molar-refractivity contribution is -0.140. The number of fused-ring (bicyclic) bond motifs is 1. The van der Waals surface area contributed by atoms with Gasteiger partial charge >= 0.3 is 6.18 Å². The third kappa shape index (κ3) is 5.79. The summed E-state index contributed by atoms with van der Waals surface area (Å²) >= 11 is 0. The summed E-state index contributed by atoms with van der Waals surface area (Å²) in [7, 11) is 0. The molecule has 2 heterocycles. The minimum atomic E-state index is -4.70. The first kappa shape index (κ1) is 28.7. The lowest BCUT2D eigenvalue weighted by Gasteiger charge is -2.40. The molecule has 0 aromatic heterocycles. The highest BCUT2D eigenvalue weighted by Crippen LogP contribution is 2.40. The lowest BCUT2D eigenvalue weighted by atomic mass is 9.83. The Bertz CT molecular complexity index is 982. The molecule has 0 saturated carbocycles. The van der Waals surface area contributed by atoms with Crippen LogP contribution < -0.4 is 5.73 Å². The Hall–Kier alpha value is -1.58. The number of ether oxygens (including phenoxy) is 1.